The minimum Gasteiger partial charge on any atom is -0.505 e. The highest BCUT2D eigenvalue weighted by atomic mass is 35.5. The van der Waals surface area contributed by atoms with Gasteiger partial charge in [-0.15, -0.1) is 0 Å². The van der Waals surface area contributed by atoms with Crippen LogP contribution >= 0.6 is 11.6 Å². The highest BCUT2D eigenvalue weighted by molar-refractivity contribution is 6.29. The lowest BCUT2D eigenvalue weighted by molar-refractivity contribution is 0.436. The fourth-order valence-corrected chi connectivity index (χ4v) is 1.29. The first-order chi connectivity index (χ1) is 6.18. The van der Waals surface area contributed by atoms with Crippen molar-refractivity contribution in [3.05, 3.63) is 35.2 Å². The van der Waals surface area contributed by atoms with Crippen LogP contribution in [0.25, 0.3) is 10.9 Å². The van der Waals surface area contributed by atoms with Gasteiger partial charge in [-0.25, -0.2) is 9.37 Å². The Balaban J connectivity index is 2.87. The van der Waals surface area contributed by atoms with Gasteiger partial charge in [-0.1, -0.05) is 11.6 Å². The van der Waals surface area contributed by atoms with Gasteiger partial charge in [0.2, 0.25) is 0 Å². The SMILES string of the molecule is Oc1ccc2nc(Cl)ccc2c1F. The smallest absolute Gasteiger partial charge is 0.174 e. The van der Waals surface area contributed by atoms with E-state index in [0.29, 0.717) is 10.7 Å². The second kappa shape index (κ2) is 2.85. The molecule has 2 rings (SSSR count). The van der Waals surface area contributed by atoms with Crippen molar-refractivity contribution >= 4 is 22.5 Å². The van der Waals surface area contributed by atoms with E-state index in [2.05, 4.69) is 4.98 Å². The maximum atomic E-state index is 13.2. The maximum absolute atomic E-state index is 13.2. The lowest BCUT2D eigenvalue weighted by Gasteiger charge is -2.00. The third-order valence-corrected chi connectivity index (χ3v) is 1.96. The molecule has 13 heavy (non-hydrogen) atoms. The van der Waals surface area contributed by atoms with Crippen molar-refractivity contribution in [2.45, 2.75) is 0 Å². The van der Waals surface area contributed by atoms with Gasteiger partial charge in [-0.2, -0.15) is 0 Å². The number of aromatic nitrogens is 1. The molecule has 0 aliphatic heterocycles. The molecule has 2 nitrogen and oxygen atoms in total. The number of hydrogen-bond acceptors (Lipinski definition) is 2. The first-order valence-corrected chi connectivity index (χ1v) is 4.00. The van der Waals surface area contributed by atoms with Crippen LogP contribution < -0.4 is 0 Å². The highest BCUT2D eigenvalue weighted by Gasteiger charge is 2.06. The van der Waals surface area contributed by atoms with Gasteiger partial charge in [-0.05, 0) is 24.3 Å². The summed E-state index contributed by atoms with van der Waals surface area (Å²) in [5.74, 6) is -1.04. The summed E-state index contributed by atoms with van der Waals surface area (Å²) in [5.41, 5.74) is 0.433. The van der Waals surface area contributed by atoms with Gasteiger partial charge >= 0.3 is 0 Å². The average molecular weight is 198 g/mol. The fourth-order valence-electron chi connectivity index (χ4n) is 1.13. The summed E-state index contributed by atoms with van der Waals surface area (Å²) in [4.78, 5) is 3.89. The molecule has 0 spiro atoms. The van der Waals surface area contributed by atoms with Crippen LogP contribution in [0.4, 0.5) is 4.39 Å². The van der Waals surface area contributed by atoms with E-state index in [4.69, 9.17) is 16.7 Å². The van der Waals surface area contributed by atoms with Gasteiger partial charge in [0.15, 0.2) is 11.6 Å². The van der Waals surface area contributed by atoms with Crippen LogP contribution in [-0.2, 0) is 0 Å². The number of phenolic OH excluding ortho intramolecular Hbond substituents is 1. The number of rotatable bonds is 0. The summed E-state index contributed by atoms with van der Waals surface area (Å²) in [7, 11) is 0. The van der Waals surface area contributed by atoms with Crippen molar-refractivity contribution in [3.63, 3.8) is 0 Å². The molecular weight excluding hydrogens is 193 g/mol. The Hall–Kier alpha value is -1.35. The summed E-state index contributed by atoms with van der Waals surface area (Å²) in [6.45, 7) is 0. The number of hydrogen-bond donors (Lipinski definition) is 1. The zero-order valence-electron chi connectivity index (χ0n) is 6.46. The molecule has 0 bridgehead atoms. The minimum absolute atomic E-state index is 0.268. The molecule has 0 aliphatic carbocycles. The number of halogens is 2. The van der Waals surface area contributed by atoms with Crippen molar-refractivity contribution in [1.29, 1.82) is 0 Å². The summed E-state index contributed by atoms with van der Waals surface area (Å²) in [6, 6.07) is 5.73. The van der Waals surface area contributed by atoms with E-state index in [9.17, 15) is 4.39 Å². The maximum Gasteiger partial charge on any atom is 0.174 e. The van der Waals surface area contributed by atoms with Crippen LogP contribution in [0.1, 0.15) is 0 Å². The van der Waals surface area contributed by atoms with E-state index in [1.54, 1.807) is 0 Å². The van der Waals surface area contributed by atoms with E-state index in [1.165, 1.54) is 24.3 Å². The zero-order chi connectivity index (χ0) is 9.42. The van der Waals surface area contributed by atoms with Crippen molar-refractivity contribution in [2.75, 3.05) is 0 Å². The Morgan fingerprint density at radius 1 is 1.23 bits per heavy atom. The Morgan fingerprint density at radius 3 is 2.77 bits per heavy atom. The monoisotopic (exact) mass is 197 g/mol. The van der Waals surface area contributed by atoms with Crippen molar-refractivity contribution in [1.82, 2.24) is 4.98 Å². The lowest BCUT2D eigenvalue weighted by Crippen LogP contribution is -1.84. The summed E-state index contributed by atoms with van der Waals surface area (Å²) in [6.07, 6.45) is 0. The van der Waals surface area contributed by atoms with Gasteiger partial charge in [-0.3, -0.25) is 0 Å². The van der Waals surface area contributed by atoms with Gasteiger partial charge in [0.25, 0.3) is 0 Å². The number of nitrogens with zero attached hydrogens (tertiary/aromatic N) is 1. The highest BCUT2D eigenvalue weighted by Crippen LogP contribution is 2.24. The van der Waals surface area contributed by atoms with Crippen molar-refractivity contribution < 1.29 is 9.50 Å². The van der Waals surface area contributed by atoms with Crippen LogP contribution in [0.15, 0.2) is 24.3 Å². The number of benzene rings is 1. The molecule has 2 aromatic rings. The van der Waals surface area contributed by atoms with E-state index in [0.717, 1.165) is 0 Å². The van der Waals surface area contributed by atoms with Gasteiger partial charge in [0.1, 0.15) is 5.15 Å². The number of pyridine rings is 1. The Labute approximate surface area is 78.6 Å². The van der Waals surface area contributed by atoms with Crippen LogP contribution in [0.5, 0.6) is 5.75 Å². The molecular formula is C9H5ClFNO. The number of aromatic hydroxyl groups is 1. The molecule has 0 aliphatic rings. The molecule has 1 aromatic heterocycles. The molecule has 0 unspecified atom stereocenters. The quantitative estimate of drug-likeness (QED) is 0.659. The molecule has 0 amide bonds. The Kier molecular flexibility index (Phi) is 1.81. The number of fused-ring (bicyclic) bond motifs is 1. The van der Waals surface area contributed by atoms with Gasteiger partial charge in [0.05, 0.1) is 5.52 Å². The van der Waals surface area contributed by atoms with Crippen LogP contribution in [0.2, 0.25) is 5.15 Å². The largest absolute Gasteiger partial charge is 0.505 e. The van der Waals surface area contributed by atoms with Gasteiger partial charge in [0, 0.05) is 5.39 Å². The number of phenols is 1. The summed E-state index contributed by atoms with van der Waals surface area (Å²) >= 11 is 5.61. The first-order valence-electron chi connectivity index (χ1n) is 3.62. The predicted molar refractivity (Wildman–Crippen MR) is 48.4 cm³/mol. The van der Waals surface area contributed by atoms with Crippen LogP contribution in [0, 0.1) is 5.82 Å². The summed E-state index contributed by atoms with van der Waals surface area (Å²) < 4.78 is 13.2. The molecule has 1 heterocycles. The van der Waals surface area contributed by atoms with Gasteiger partial charge < -0.3 is 5.11 Å². The standard InChI is InChI=1S/C9H5ClFNO/c10-8-4-1-5-6(12-8)2-3-7(13)9(5)11/h1-4,13H. The van der Waals surface area contributed by atoms with Crippen LogP contribution in [-0.4, -0.2) is 10.1 Å². The van der Waals surface area contributed by atoms with E-state index < -0.39 is 5.82 Å². The minimum atomic E-state index is -0.665. The van der Waals surface area contributed by atoms with Crippen molar-refractivity contribution in [3.8, 4) is 5.75 Å². The van der Waals surface area contributed by atoms with E-state index >= 15 is 0 Å². The molecule has 0 saturated carbocycles. The molecule has 1 aromatic carbocycles. The molecule has 66 valence electrons. The lowest BCUT2D eigenvalue weighted by atomic mass is 10.2. The second-order valence-corrected chi connectivity index (χ2v) is 2.99. The van der Waals surface area contributed by atoms with Crippen molar-refractivity contribution in [2.24, 2.45) is 0 Å². The molecule has 0 saturated heterocycles. The average Bonchev–Trinajstić information content (AvgIpc) is 2.12. The fraction of sp³-hybridized carbons (Fsp3) is 0. The van der Waals surface area contributed by atoms with E-state index in [-0.39, 0.29) is 11.1 Å². The molecule has 0 fully saturated rings. The summed E-state index contributed by atoms with van der Waals surface area (Å²) in [5, 5.41) is 9.62. The van der Waals surface area contributed by atoms with E-state index in [1.807, 2.05) is 0 Å². The zero-order valence-corrected chi connectivity index (χ0v) is 7.22. The first kappa shape index (κ1) is 8.26. The van der Waals surface area contributed by atoms with Crippen LogP contribution in [0.3, 0.4) is 0 Å². The Morgan fingerprint density at radius 2 is 2.00 bits per heavy atom. The molecule has 4 heteroatoms. The third-order valence-electron chi connectivity index (χ3n) is 1.75. The molecule has 1 N–H and O–H groups in total. The molecule has 0 radical (unpaired) electrons. The second-order valence-electron chi connectivity index (χ2n) is 2.60. The Bertz CT molecular complexity index is 472. The third kappa shape index (κ3) is 1.31. The topological polar surface area (TPSA) is 33.1 Å². The molecule has 0 atom stereocenters. The normalized spacial score (nSPS) is 10.6. The predicted octanol–water partition coefficient (Wildman–Crippen LogP) is 2.73.